The Morgan fingerprint density at radius 3 is 1.33 bits per heavy atom. The Bertz CT molecular complexity index is 10.8. The van der Waals surface area contributed by atoms with Crippen LogP contribution in [0.2, 0.25) is 0 Å². The first kappa shape index (κ1) is 28.3. The van der Waals surface area contributed by atoms with Gasteiger partial charge >= 0.3 is 23.1 Å². The third-order valence-electron chi connectivity index (χ3n) is 0. The van der Waals surface area contributed by atoms with E-state index in [-0.39, 0.29) is 40.0 Å². The van der Waals surface area contributed by atoms with Gasteiger partial charge in [-0.25, -0.2) is 0 Å². The molecule has 0 atom stereocenters. The second kappa shape index (κ2) is 162. The Morgan fingerprint density at radius 2 is 1.33 bits per heavy atom. The molecule has 0 rings (SSSR count). The summed E-state index contributed by atoms with van der Waals surface area (Å²) in [7, 11) is 0.750. The molecule has 6 heavy (non-hydrogen) atoms. The fraction of sp³-hybridized carbons (Fsp3) is 0.333. The normalized spacial score (nSPS) is 1.67. The van der Waals surface area contributed by atoms with Gasteiger partial charge in [0.25, 0.3) is 0 Å². The van der Waals surface area contributed by atoms with E-state index in [4.69, 9.17) is 5.11 Å². The Kier molecular flexibility index (Phi) is 766. The van der Waals surface area contributed by atoms with E-state index in [1.54, 1.807) is 0 Å². The third-order valence-corrected chi connectivity index (χ3v) is 0. The molecule has 0 N–H and O–H groups in total. The van der Waals surface area contributed by atoms with E-state index in [1.165, 1.54) is 0 Å². The Hall–Kier alpha value is 0.946. The van der Waals surface area contributed by atoms with Crippen molar-refractivity contribution in [3.63, 3.8) is 0 Å². The van der Waals surface area contributed by atoms with Crippen molar-refractivity contribution < 1.29 is 22.1 Å². The number of hydrogen-bond donors (Lipinski definition) is 0. The van der Waals surface area contributed by atoms with Gasteiger partial charge in [0, 0.05) is 0 Å². The molecule has 0 heterocycles. The van der Waals surface area contributed by atoms with Crippen LogP contribution in [0.1, 0.15) is 0 Å². The van der Waals surface area contributed by atoms with Gasteiger partial charge in [0.05, 0.1) is 0 Å². The van der Waals surface area contributed by atoms with Crippen LogP contribution in [-0.4, -0.2) is 30.2 Å². The third kappa shape index (κ3) is 86.0. The van der Waals surface area contributed by atoms with Crippen molar-refractivity contribution in [1.82, 2.24) is 0 Å². The minimum atomic E-state index is 0. The van der Waals surface area contributed by atoms with Crippen molar-refractivity contribution in [3.8, 4) is 0 Å². The van der Waals surface area contributed by atoms with E-state index < -0.39 is 0 Å². The van der Waals surface area contributed by atoms with Crippen molar-refractivity contribution in [1.29, 1.82) is 0 Å². The van der Waals surface area contributed by atoms with Crippen LogP contribution in [0.4, 0.5) is 0 Å². The summed E-state index contributed by atoms with van der Waals surface area (Å²) in [5.74, 6) is 0. The molecule has 1 nitrogen and oxygen atoms in total. The SMILES string of the molecule is C[O-].[Br-].[CH-]=C.[Mg+2]. The summed E-state index contributed by atoms with van der Waals surface area (Å²) in [4.78, 5) is 0. The second-order valence-electron chi connectivity index (χ2n) is 0. The molecule has 0 saturated heterocycles. The Balaban J connectivity index is -0.00000000500. The molecule has 0 aromatic carbocycles. The molecule has 3 heteroatoms. The molecule has 0 saturated carbocycles. The van der Waals surface area contributed by atoms with Gasteiger partial charge < -0.3 is 28.7 Å². The van der Waals surface area contributed by atoms with Crippen LogP contribution in [0.3, 0.4) is 0 Å². The molecule has 0 amide bonds. The van der Waals surface area contributed by atoms with Crippen LogP contribution in [0.5, 0.6) is 0 Å². The van der Waals surface area contributed by atoms with E-state index in [0.717, 1.165) is 7.11 Å². The van der Waals surface area contributed by atoms with E-state index >= 15 is 0 Å². The van der Waals surface area contributed by atoms with Gasteiger partial charge in [0.2, 0.25) is 0 Å². The van der Waals surface area contributed by atoms with Crippen LogP contribution in [0, 0.1) is 6.58 Å². The van der Waals surface area contributed by atoms with Crippen LogP contribution in [-0.2, 0) is 0 Å². The number of hydrogen-bond acceptors (Lipinski definition) is 1. The van der Waals surface area contributed by atoms with Gasteiger partial charge in [0.1, 0.15) is 0 Å². The first-order chi connectivity index (χ1) is 2.00. The predicted octanol–water partition coefficient (Wildman–Crippen LogP) is -3.79. The molecule has 0 radical (unpaired) electrons. The van der Waals surface area contributed by atoms with Crippen molar-refractivity contribution in [2.75, 3.05) is 7.11 Å². The minimum absolute atomic E-state index is 0. The van der Waals surface area contributed by atoms with Crippen LogP contribution < -0.4 is 22.1 Å². The fourth-order valence-corrected chi connectivity index (χ4v) is 0. The van der Waals surface area contributed by atoms with E-state index in [9.17, 15) is 0 Å². The van der Waals surface area contributed by atoms with E-state index in [0.29, 0.717) is 0 Å². The zero-order valence-corrected chi connectivity index (χ0v) is 6.78. The summed E-state index contributed by atoms with van der Waals surface area (Å²) in [5, 5.41) is 8.25. The van der Waals surface area contributed by atoms with Gasteiger partial charge in [-0.15, -0.1) is 0 Å². The maximum atomic E-state index is 8.25. The van der Waals surface area contributed by atoms with E-state index in [2.05, 4.69) is 13.2 Å². The predicted molar refractivity (Wildman–Crippen MR) is 21.6 cm³/mol. The molecule has 0 aromatic rings. The molecule has 0 aliphatic rings. The molecular weight excluding hydrogens is 156 g/mol. The summed E-state index contributed by atoms with van der Waals surface area (Å²) < 4.78 is 0. The quantitative estimate of drug-likeness (QED) is 0.265. The smallest absolute Gasteiger partial charge is 1.00 e. The summed E-state index contributed by atoms with van der Waals surface area (Å²) in [6.45, 7) is 7.00. The fourth-order valence-electron chi connectivity index (χ4n) is 0. The first-order valence-electron chi connectivity index (χ1n) is 0.816. The zero-order valence-electron chi connectivity index (χ0n) is 3.78. The average molecular weight is 162 g/mol. The van der Waals surface area contributed by atoms with Crippen molar-refractivity contribution in [2.24, 2.45) is 0 Å². The summed E-state index contributed by atoms with van der Waals surface area (Å²) in [5.41, 5.74) is 0. The summed E-state index contributed by atoms with van der Waals surface area (Å²) >= 11 is 0. The average Bonchev–Trinajstić information content (AvgIpc) is 1.50. The number of halogens is 1. The number of rotatable bonds is 0. The monoisotopic (exact) mass is 161 g/mol. The molecule has 0 spiro atoms. The molecule has 0 bridgehead atoms. The Morgan fingerprint density at radius 1 is 1.33 bits per heavy atom. The maximum Gasteiger partial charge on any atom is 2.00 e. The van der Waals surface area contributed by atoms with Crippen molar-refractivity contribution in [2.45, 2.75) is 0 Å². The van der Waals surface area contributed by atoms with Crippen LogP contribution in [0.25, 0.3) is 0 Å². The van der Waals surface area contributed by atoms with Gasteiger partial charge in [-0.1, -0.05) is 0 Å². The van der Waals surface area contributed by atoms with Crippen molar-refractivity contribution >= 4 is 23.1 Å². The summed E-state index contributed by atoms with van der Waals surface area (Å²) in [6.07, 6.45) is 0. The molecule has 0 aromatic heterocycles. The van der Waals surface area contributed by atoms with Crippen molar-refractivity contribution in [3.05, 3.63) is 13.2 Å². The standard InChI is InChI=1S/C2H3.CH3O.BrH.Mg/c2*1-2;;/h1H,2H2;1H3;1H;/q2*-1;;+2/p-1. The van der Waals surface area contributed by atoms with Gasteiger partial charge in [0.15, 0.2) is 0 Å². The topological polar surface area (TPSA) is 23.1 Å². The first-order valence-corrected chi connectivity index (χ1v) is 0.816. The molecule has 0 aliphatic heterocycles. The molecule has 34 valence electrons. The molecule has 0 fully saturated rings. The minimum Gasteiger partial charge on any atom is -1.00 e. The zero-order chi connectivity index (χ0) is 4.00. The van der Waals surface area contributed by atoms with Gasteiger partial charge in [-0.3, -0.25) is 6.58 Å². The second-order valence-corrected chi connectivity index (χ2v) is 0. The molecular formula is C3H6BrMgO-. The van der Waals surface area contributed by atoms with Gasteiger partial charge in [-0.2, -0.15) is 7.11 Å². The largest absolute Gasteiger partial charge is 2.00 e. The Labute approximate surface area is 65.4 Å². The maximum absolute atomic E-state index is 8.25. The molecule has 0 unspecified atom stereocenters. The molecule has 0 aliphatic carbocycles. The summed E-state index contributed by atoms with van der Waals surface area (Å²) in [6, 6.07) is 0. The van der Waals surface area contributed by atoms with Crippen LogP contribution in [0.15, 0.2) is 6.58 Å². The van der Waals surface area contributed by atoms with Crippen LogP contribution >= 0.6 is 0 Å². The van der Waals surface area contributed by atoms with Gasteiger partial charge in [-0.05, 0) is 0 Å². The van der Waals surface area contributed by atoms with E-state index in [1.807, 2.05) is 0 Å².